The number of hydrogen-bond donors (Lipinski definition) is 3. The Kier molecular flexibility index (Phi) is 7.92. The molecule has 3 heterocycles. The van der Waals surface area contributed by atoms with Crippen LogP contribution in [0.1, 0.15) is 35.4 Å². The van der Waals surface area contributed by atoms with Gasteiger partial charge in [-0.05, 0) is 52.3 Å². The fourth-order valence-corrected chi connectivity index (χ4v) is 4.45. The van der Waals surface area contributed by atoms with Crippen LogP contribution < -0.4 is 16.0 Å². The predicted molar refractivity (Wildman–Crippen MR) is 137 cm³/mol. The van der Waals surface area contributed by atoms with E-state index in [1.165, 1.54) is 5.56 Å². The Morgan fingerprint density at radius 1 is 1.09 bits per heavy atom. The molecule has 1 aromatic carbocycles. The topological polar surface area (TPSA) is 88.9 Å². The molecule has 0 aliphatic carbocycles. The maximum atomic E-state index is 5.55. The zero-order valence-electron chi connectivity index (χ0n) is 21.0. The quantitative estimate of drug-likeness (QED) is 0.419. The maximum absolute atomic E-state index is 5.55. The van der Waals surface area contributed by atoms with Gasteiger partial charge in [0.1, 0.15) is 5.82 Å². The number of ether oxygens (including phenoxy) is 1. The average molecular weight is 464 g/mol. The summed E-state index contributed by atoms with van der Waals surface area (Å²) in [5, 5.41) is 15.0. The fourth-order valence-electron chi connectivity index (χ4n) is 4.45. The first-order chi connectivity index (χ1) is 16.5. The zero-order valence-corrected chi connectivity index (χ0v) is 21.0. The second kappa shape index (κ2) is 11.1. The van der Waals surface area contributed by atoms with E-state index in [9.17, 15) is 0 Å². The van der Waals surface area contributed by atoms with E-state index in [0.717, 1.165) is 91.1 Å². The summed E-state index contributed by atoms with van der Waals surface area (Å²) in [7, 11) is 3.95. The smallest absolute Gasteiger partial charge is 0.162 e. The Labute approximate surface area is 202 Å². The minimum atomic E-state index is 0.349. The van der Waals surface area contributed by atoms with Crippen LogP contribution in [-0.2, 0) is 18.3 Å². The van der Waals surface area contributed by atoms with Gasteiger partial charge in [-0.2, -0.15) is 5.10 Å². The minimum Gasteiger partial charge on any atom is -0.381 e. The number of nitrogens with zero attached hydrogens (tertiary/aromatic N) is 4. The molecule has 3 aromatic rings. The first-order valence-electron chi connectivity index (χ1n) is 12.2. The van der Waals surface area contributed by atoms with Gasteiger partial charge in [-0.25, -0.2) is 9.97 Å². The number of aromatic nitrogens is 4. The highest BCUT2D eigenvalue weighted by molar-refractivity contribution is 5.75. The zero-order chi connectivity index (χ0) is 24.1. The van der Waals surface area contributed by atoms with Gasteiger partial charge in [0, 0.05) is 68.3 Å². The van der Waals surface area contributed by atoms with Crippen molar-refractivity contribution in [2.24, 2.45) is 7.05 Å². The van der Waals surface area contributed by atoms with E-state index in [0.29, 0.717) is 6.04 Å². The average Bonchev–Trinajstić information content (AvgIpc) is 3.10. The minimum absolute atomic E-state index is 0.349. The molecule has 1 fully saturated rings. The summed E-state index contributed by atoms with van der Waals surface area (Å²) in [5.74, 6) is 1.63. The first kappa shape index (κ1) is 24.3. The highest BCUT2D eigenvalue weighted by atomic mass is 16.5. The molecule has 0 radical (unpaired) electrons. The van der Waals surface area contributed by atoms with Crippen LogP contribution in [0.25, 0.3) is 22.6 Å². The van der Waals surface area contributed by atoms with Crippen LogP contribution in [0.2, 0.25) is 0 Å². The molecule has 34 heavy (non-hydrogen) atoms. The molecule has 1 aliphatic rings. The number of nitrogens with one attached hydrogen (secondary N) is 3. The first-order valence-corrected chi connectivity index (χ1v) is 12.2. The van der Waals surface area contributed by atoms with Crippen molar-refractivity contribution in [3.05, 3.63) is 46.8 Å². The van der Waals surface area contributed by atoms with E-state index in [1.807, 2.05) is 25.7 Å². The Bertz CT molecular complexity index is 1120. The number of likely N-dealkylation sites (N-methyl/N-ethyl adjacent to an activating group) is 1. The molecular formula is C26H37N7O. The van der Waals surface area contributed by atoms with E-state index in [4.69, 9.17) is 14.7 Å². The van der Waals surface area contributed by atoms with E-state index in [2.05, 4.69) is 59.2 Å². The van der Waals surface area contributed by atoms with Crippen LogP contribution in [0, 0.1) is 20.8 Å². The standard InChI is InChI=1S/C26H37N7O/c1-17-24(23-18(2)32-33(5)19(23)3)30-26(31-25(17)29-22-9-13-34-14-10-22)21-8-6-7-20(15-21)16-28-12-11-27-4/h6-8,15,22,27-28H,9-14,16H2,1-5H3,(H,29,30,31). The van der Waals surface area contributed by atoms with Crippen LogP contribution in [0.4, 0.5) is 5.82 Å². The van der Waals surface area contributed by atoms with Gasteiger partial charge in [0.25, 0.3) is 0 Å². The molecule has 0 atom stereocenters. The van der Waals surface area contributed by atoms with Gasteiger partial charge in [-0.1, -0.05) is 18.2 Å². The largest absolute Gasteiger partial charge is 0.381 e. The monoisotopic (exact) mass is 463 g/mol. The summed E-state index contributed by atoms with van der Waals surface area (Å²) >= 11 is 0. The SMILES string of the molecule is CNCCNCc1cccc(-c2nc(NC3CCOCC3)c(C)c(-c3c(C)nn(C)c3C)n2)c1. The third-order valence-corrected chi connectivity index (χ3v) is 6.52. The van der Waals surface area contributed by atoms with Crippen LogP contribution in [0.15, 0.2) is 24.3 Å². The van der Waals surface area contributed by atoms with E-state index >= 15 is 0 Å². The maximum Gasteiger partial charge on any atom is 0.162 e. The van der Waals surface area contributed by atoms with Gasteiger partial charge in [-0.3, -0.25) is 4.68 Å². The normalized spacial score (nSPS) is 14.5. The number of anilines is 1. The van der Waals surface area contributed by atoms with Crippen LogP contribution in [0.3, 0.4) is 0 Å². The number of hydrogen-bond acceptors (Lipinski definition) is 7. The summed E-state index contributed by atoms with van der Waals surface area (Å²) in [4.78, 5) is 10.1. The highest BCUT2D eigenvalue weighted by Gasteiger charge is 2.22. The van der Waals surface area contributed by atoms with Gasteiger partial charge in [0.15, 0.2) is 5.82 Å². The van der Waals surface area contributed by atoms with Crippen molar-refractivity contribution in [1.82, 2.24) is 30.4 Å². The molecular weight excluding hydrogens is 426 g/mol. The van der Waals surface area contributed by atoms with Crippen molar-refractivity contribution < 1.29 is 4.74 Å². The molecule has 8 nitrogen and oxygen atoms in total. The predicted octanol–water partition coefficient (Wildman–Crippen LogP) is 3.37. The number of benzene rings is 1. The molecule has 1 aliphatic heterocycles. The highest BCUT2D eigenvalue weighted by Crippen LogP contribution is 2.33. The molecule has 182 valence electrons. The van der Waals surface area contributed by atoms with Gasteiger partial charge >= 0.3 is 0 Å². The van der Waals surface area contributed by atoms with Crippen molar-refractivity contribution in [3.63, 3.8) is 0 Å². The number of aryl methyl sites for hydroxylation is 2. The Balaban J connectivity index is 1.74. The van der Waals surface area contributed by atoms with Crippen molar-refractivity contribution in [1.29, 1.82) is 0 Å². The van der Waals surface area contributed by atoms with Crippen molar-refractivity contribution >= 4 is 5.82 Å². The van der Waals surface area contributed by atoms with Crippen molar-refractivity contribution in [3.8, 4) is 22.6 Å². The second-order valence-electron chi connectivity index (χ2n) is 9.05. The molecule has 2 aromatic heterocycles. The molecule has 0 unspecified atom stereocenters. The summed E-state index contributed by atoms with van der Waals surface area (Å²) in [6.07, 6.45) is 1.96. The van der Waals surface area contributed by atoms with Gasteiger partial charge in [0.05, 0.1) is 11.4 Å². The van der Waals surface area contributed by atoms with E-state index in [1.54, 1.807) is 0 Å². The lowest BCUT2D eigenvalue weighted by molar-refractivity contribution is 0.0904. The summed E-state index contributed by atoms with van der Waals surface area (Å²) in [6.45, 7) is 10.5. The molecule has 0 saturated carbocycles. The molecule has 0 bridgehead atoms. The number of rotatable bonds is 9. The lowest BCUT2D eigenvalue weighted by atomic mass is 10.0. The molecule has 0 spiro atoms. The van der Waals surface area contributed by atoms with Crippen LogP contribution >= 0.6 is 0 Å². The van der Waals surface area contributed by atoms with Gasteiger partial charge in [0.2, 0.25) is 0 Å². The Hall–Kier alpha value is -2.81. The van der Waals surface area contributed by atoms with Crippen molar-refractivity contribution in [2.75, 3.05) is 38.7 Å². The Morgan fingerprint density at radius 3 is 2.59 bits per heavy atom. The molecule has 0 amide bonds. The third-order valence-electron chi connectivity index (χ3n) is 6.52. The van der Waals surface area contributed by atoms with Gasteiger partial charge < -0.3 is 20.7 Å². The summed E-state index contributed by atoms with van der Waals surface area (Å²) < 4.78 is 7.48. The van der Waals surface area contributed by atoms with E-state index < -0.39 is 0 Å². The van der Waals surface area contributed by atoms with E-state index in [-0.39, 0.29) is 0 Å². The summed E-state index contributed by atoms with van der Waals surface area (Å²) in [6, 6.07) is 8.84. The summed E-state index contributed by atoms with van der Waals surface area (Å²) in [5.41, 5.74) is 7.40. The molecule has 4 rings (SSSR count). The second-order valence-corrected chi connectivity index (χ2v) is 9.05. The van der Waals surface area contributed by atoms with Crippen LogP contribution in [0.5, 0.6) is 0 Å². The lowest BCUT2D eigenvalue weighted by Gasteiger charge is -2.25. The van der Waals surface area contributed by atoms with Crippen LogP contribution in [-0.4, -0.2) is 59.1 Å². The van der Waals surface area contributed by atoms with Crippen molar-refractivity contribution in [2.45, 2.75) is 46.2 Å². The third kappa shape index (κ3) is 5.46. The molecule has 1 saturated heterocycles. The fraction of sp³-hybridized carbons (Fsp3) is 0.500. The van der Waals surface area contributed by atoms with Gasteiger partial charge in [-0.15, -0.1) is 0 Å². The Morgan fingerprint density at radius 2 is 1.88 bits per heavy atom. The lowest BCUT2D eigenvalue weighted by Crippen LogP contribution is -2.28. The molecule has 8 heteroatoms. The molecule has 3 N–H and O–H groups in total.